The molecule has 13 rings (SSSR count). The van der Waals surface area contributed by atoms with Crippen LogP contribution >= 0.6 is 0 Å². The average molecular weight is 855 g/mol. The molecule has 336 valence electrons. The molecule has 16 atom stereocenters. The van der Waals surface area contributed by atoms with Crippen LogP contribution < -0.4 is 30.2 Å². The summed E-state index contributed by atoms with van der Waals surface area (Å²) < 4.78 is 0. The van der Waals surface area contributed by atoms with Gasteiger partial charge in [0.05, 0.1) is 24.2 Å². The van der Waals surface area contributed by atoms with E-state index in [9.17, 15) is 0 Å². The van der Waals surface area contributed by atoms with E-state index in [4.69, 9.17) is 0 Å². The van der Waals surface area contributed by atoms with Crippen molar-refractivity contribution in [2.45, 2.75) is 163 Å². The molecule has 2 N–H and O–H groups in total. The summed E-state index contributed by atoms with van der Waals surface area (Å²) in [6.45, 7) is 2.39. The lowest BCUT2D eigenvalue weighted by Crippen LogP contribution is -2.75. The third kappa shape index (κ3) is 6.68. The first kappa shape index (κ1) is 40.3. The number of nitrogens with zero attached hydrogens (tertiary/aromatic N) is 4. The summed E-state index contributed by atoms with van der Waals surface area (Å²) in [5.41, 5.74) is 5.94. The minimum Gasteiger partial charge on any atom is -0.361 e. The van der Waals surface area contributed by atoms with E-state index in [1.54, 1.807) is 0 Å². The zero-order chi connectivity index (χ0) is 42.1. The van der Waals surface area contributed by atoms with Gasteiger partial charge in [0, 0.05) is 59.0 Å². The van der Waals surface area contributed by atoms with Crippen LogP contribution in [-0.4, -0.2) is 73.5 Å². The number of hydrogen-bond donors (Lipinski definition) is 2. The Balaban J connectivity index is 0.936. The van der Waals surface area contributed by atoms with Gasteiger partial charge in [-0.05, 0) is 174 Å². The van der Waals surface area contributed by atoms with E-state index in [0.29, 0.717) is 72.3 Å². The standard InChI is InChI=1S/C58H74N6/c1-5-19-39(20-6-1)61-49-29-13-15-31-51(49)63(41-23-9-3-10-24-41)55-37-47-45(35-53(55)61)43-27-17-33-59-57(43)48-38-56-54(36-46(48)44-28-18-34-60-58(44)47)62(40-21-7-2-8-22-40)50-30-14-16-32-52(50)64(56)42-25-11-4-12-26-42/h1-12,19-26,43-60H,13-18,27-38H2. The molecule has 4 aliphatic heterocycles. The Labute approximate surface area is 384 Å². The fourth-order valence-electron chi connectivity index (χ4n) is 17.6. The number of rotatable bonds is 4. The van der Waals surface area contributed by atoms with Gasteiger partial charge < -0.3 is 30.2 Å². The van der Waals surface area contributed by atoms with Crippen molar-refractivity contribution in [2.24, 2.45) is 35.5 Å². The van der Waals surface area contributed by atoms with E-state index >= 15 is 0 Å². The van der Waals surface area contributed by atoms with Crippen LogP contribution in [0, 0.1) is 35.5 Å². The molecule has 4 heterocycles. The van der Waals surface area contributed by atoms with E-state index in [-0.39, 0.29) is 0 Å². The highest BCUT2D eigenvalue weighted by Crippen LogP contribution is 2.59. The summed E-state index contributed by atoms with van der Waals surface area (Å²) in [6.07, 6.45) is 21.4. The zero-order valence-corrected chi connectivity index (χ0v) is 38.3. The predicted molar refractivity (Wildman–Crippen MR) is 264 cm³/mol. The molecule has 0 radical (unpaired) electrons. The molecule has 4 aromatic carbocycles. The van der Waals surface area contributed by atoms with Gasteiger partial charge in [-0.1, -0.05) is 98.5 Å². The molecule has 9 fully saturated rings. The Bertz CT molecular complexity index is 1860. The topological polar surface area (TPSA) is 37.0 Å². The van der Waals surface area contributed by atoms with Crippen molar-refractivity contribution < 1.29 is 0 Å². The Morgan fingerprint density at radius 1 is 0.281 bits per heavy atom. The fourth-order valence-corrected chi connectivity index (χ4v) is 17.6. The first-order valence-electron chi connectivity index (χ1n) is 26.6. The smallest absolute Gasteiger partial charge is 0.0501 e. The summed E-state index contributed by atoms with van der Waals surface area (Å²) in [5.74, 6) is 4.28. The molecule has 4 saturated heterocycles. The van der Waals surface area contributed by atoms with Crippen LogP contribution in [0.3, 0.4) is 0 Å². The van der Waals surface area contributed by atoms with Gasteiger partial charge in [0.15, 0.2) is 0 Å². The maximum absolute atomic E-state index is 4.48. The van der Waals surface area contributed by atoms with Gasteiger partial charge in [0.25, 0.3) is 0 Å². The van der Waals surface area contributed by atoms with Gasteiger partial charge in [0.2, 0.25) is 0 Å². The Morgan fingerprint density at radius 2 is 0.562 bits per heavy atom. The molecular formula is C58H74N6. The molecule has 16 unspecified atom stereocenters. The van der Waals surface area contributed by atoms with Crippen molar-refractivity contribution in [2.75, 3.05) is 32.7 Å². The average Bonchev–Trinajstić information content (AvgIpc) is 3.37. The van der Waals surface area contributed by atoms with Crippen LogP contribution in [0.25, 0.3) is 0 Å². The Kier molecular flexibility index (Phi) is 10.7. The van der Waals surface area contributed by atoms with Gasteiger partial charge in [-0.25, -0.2) is 0 Å². The van der Waals surface area contributed by atoms with Gasteiger partial charge in [0.1, 0.15) is 0 Å². The number of benzene rings is 4. The van der Waals surface area contributed by atoms with Crippen molar-refractivity contribution in [1.29, 1.82) is 0 Å². The largest absolute Gasteiger partial charge is 0.361 e. The number of para-hydroxylation sites is 4. The van der Waals surface area contributed by atoms with Crippen molar-refractivity contribution in [3.63, 3.8) is 0 Å². The number of anilines is 4. The fraction of sp³-hybridized carbons (Fsp3) is 0.586. The molecule has 64 heavy (non-hydrogen) atoms. The van der Waals surface area contributed by atoms with Crippen LogP contribution in [0.1, 0.15) is 103 Å². The van der Waals surface area contributed by atoms with Gasteiger partial charge in [-0.3, -0.25) is 0 Å². The second-order valence-electron chi connectivity index (χ2n) is 22.2. The summed E-state index contributed by atoms with van der Waals surface area (Å²) >= 11 is 0. The van der Waals surface area contributed by atoms with Crippen molar-refractivity contribution in [1.82, 2.24) is 10.6 Å². The summed E-state index contributed by atoms with van der Waals surface area (Å²) in [6, 6.07) is 52.8. The molecular weight excluding hydrogens is 781 g/mol. The third-order valence-electron chi connectivity index (χ3n) is 19.6. The maximum Gasteiger partial charge on any atom is 0.0501 e. The van der Waals surface area contributed by atoms with Crippen LogP contribution in [0.2, 0.25) is 0 Å². The Hall–Kier alpha value is -4.00. The normalized spacial score (nSPS) is 40.4. The van der Waals surface area contributed by atoms with Gasteiger partial charge in [-0.2, -0.15) is 0 Å². The first-order chi connectivity index (χ1) is 31.8. The Morgan fingerprint density at radius 3 is 0.859 bits per heavy atom. The third-order valence-corrected chi connectivity index (χ3v) is 19.6. The lowest BCUT2D eigenvalue weighted by Gasteiger charge is -2.67. The second kappa shape index (κ2) is 17.0. The summed E-state index contributed by atoms with van der Waals surface area (Å²) in [4.78, 5) is 12.2. The predicted octanol–water partition coefficient (Wildman–Crippen LogP) is 10.9. The van der Waals surface area contributed by atoms with E-state index in [1.165, 1.54) is 139 Å². The van der Waals surface area contributed by atoms with Crippen LogP contribution in [-0.2, 0) is 0 Å². The summed E-state index contributed by atoms with van der Waals surface area (Å²) in [5, 5.41) is 8.97. The SMILES string of the molecule is c1ccc(N2C3CCCCC3N(c3ccccc3)C3CC4C(CC32)C2CCCNC2C2CC3C(CC2C2CCCNC24)N(c2ccccc2)C2CCCCC2N3c2ccccc2)cc1. The van der Waals surface area contributed by atoms with Crippen LogP contribution in [0.4, 0.5) is 22.7 Å². The van der Waals surface area contributed by atoms with Crippen molar-refractivity contribution >= 4 is 22.7 Å². The van der Waals surface area contributed by atoms with E-state index < -0.39 is 0 Å². The molecule has 0 spiro atoms. The highest BCUT2D eigenvalue weighted by Gasteiger charge is 2.61. The van der Waals surface area contributed by atoms with E-state index in [1.807, 2.05) is 0 Å². The summed E-state index contributed by atoms with van der Waals surface area (Å²) in [7, 11) is 0. The zero-order valence-electron chi connectivity index (χ0n) is 38.3. The first-order valence-corrected chi connectivity index (χ1v) is 26.6. The molecule has 0 bridgehead atoms. The monoisotopic (exact) mass is 855 g/mol. The molecule has 6 heteroatoms. The molecule has 0 aromatic heterocycles. The minimum absolute atomic E-state index is 0.517. The second-order valence-corrected chi connectivity index (χ2v) is 22.2. The van der Waals surface area contributed by atoms with Crippen LogP contribution in [0.15, 0.2) is 121 Å². The maximum atomic E-state index is 4.48. The van der Waals surface area contributed by atoms with Gasteiger partial charge >= 0.3 is 0 Å². The number of fused-ring (bicyclic) bond motifs is 12. The highest BCUT2D eigenvalue weighted by molar-refractivity contribution is 5.59. The van der Waals surface area contributed by atoms with Crippen molar-refractivity contribution in [3.05, 3.63) is 121 Å². The van der Waals surface area contributed by atoms with Crippen molar-refractivity contribution in [3.8, 4) is 0 Å². The highest BCUT2D eigenvalue weighted by atomic mass is 15.4. The molecule has 5 saturated carbocycles. The number of piperidine rings is 2. The minimum atomic E-state index is 0.517. The molecule has 0 amide bonds. The molecule has 4 aromatic rings. The van der Waals surface area contributed by atoms with Gasteiger partial charge in [-0.15, -0.1) is 0 Å². The molecule has 5 aliphatic carbocycles. The number of nitrogens with one attached hydrogen (secondary N) is 2. The van der Waals surface area contributed by atoms with E-state index in [2.05, 4.69) is 152 Å². The quantitative estimate of drug-likeness (QED) is 0.199. The molecule has 6 nitrogen and oxygen atoms in total. The number of hydrogen-bond acceptors (Lipinski definition) is 6. The van der Waals surface area contributed by atoms with E-state index in [0.717, 1.165) is 23.7 Å². The molecule has 9 aliphatic rings. The lowest BCUT2D eigenvalue weighted by molar-refractivity contribution is -0.0589. The lowest BCUT2D eigenvalue weighted by atomic mass is 9.50. The number of piperazine rings is 2. The van der Waals surface area contributed by atoms with Crippen LogP contribution in [0.5, 0.6) is 0 Å².